The first-order chi connectivity index (χ1) is 9.37. The maximum absolute atomic E-state index is 13.8. The van der Waals surface area contributed by atoms with Gasteiger partial charge in [0.25, 0.3) is 0 Å². The van der Waals surface area contributed by atoms with Gasteiger partial charge in [-0.05, 0) is 17.5 Å². The summed E-state index contributed by atoms with van der Waals surface area (Å²) in [7, 11) is 0. The molecule has 0 aliphatic carbocycles. The van der Waals surface area contributed by atoms with E-state index in [1.165, 1.54) is 12.1 Å². The average Bonchev–Trinajstić information content (AvgIpc) is 2.37. The van der Waals surface area contributed by atoms with Crippen LogP contribution in [-0.2, 0) is 0 Å². The number of nitriles is 2. The molecule has 0 saturated heterocycles. The Morgan fingerprint density at radius 2 is 2.00 bits per heavy atom. The van der Waals surface area contributed by atoms with Crippen LogP contribution in [0.1, 0.15) is 20.8 Å². The minimum atomic E-state index is -0.537. The Bertz CT molecular complexity index is 575. The molecule has 1 aromatic carbocycles. The fourth-order valence-corrected chi connectivity index (χ4v) is 1.22. The molecule has 0 aliphatic rings. The second kappa shape index (κ2) is 6.53. The molecule has 0 bridgehead atoms. The normalized spacial score (nSPS) is 10.1. The van der Waals surface area contributed by atoms with Crippen LogP contribution >= 0.6 is 0 Å². The summed E-state index contributed by atoms with van der Waals surface area (Å²) in [6, 6.07) is 7.51. The largest absolute Gasteiger partial charge is 0.488 e. The second-order valence-corrected chi connectivity index (χ2v) is 5.26. The quantitative estimate of drug-likeness (QED) is 0.675. The maximum Gasteiger partial charge on any atom is 0.237 e. The number of rotatable bonds is 4. The van der Waals surface area contributed by atoms with Gasteiger partial charge in [-0.15, -0.1) is 0 Å². The van der Waals surface area contributed by atoms with Crippen LogP contribution in [0.5, 0.6) is 5.75 Å². The molecule has 0 atom stereocenters. The third kappa shape index (κ3) is 4.58. The highest BCUT2D eigenvalue weighted by Crippen LogP contribution is 2.29. The molecule has 0 spiro atoms. The molecule has 104 valence electrons. The predicted molar refractivity (Wildman–Crippen MR) is 73.6 cm³/mol. The fourth-order valence-electron chi connectivity index (χ4n) is 1.22. The lowest BCUT2D eigenvalue weighted by atomic mass is 9.99. The molecule has 0 heterocycles. The topological polar surface area (TPSA) is 81.2 Å². The van der Waals surface area contributed by atoms with E-state index in [-0.39, 0.29) is 22.6 Å². The van der Waals surface area contributed by atoms with Gasteiger partial charge in [-0.3, -0.25) is 5.43 Å². The number of hydrogen-bond acceptors (Lipinski definition) is 5. The Labute approximate surface area is 117 Å². The summed E-state index contributed by atoms with van der Waals surface area (Å²) < 4.78 is 19.2. The van der Waals surface area contributed by atoms with E-state index in [1.807, 2.05) is 20.8 Å². The van der Waals surface area contributed by atoms with E-state index in [0.29, 0.717) is 6.61 Å². The molecule has 0 amide bonds. The SMILES string of the molecule is CC(C)(C)COc1c(F)cccc1NN=C(C#N)C#N. The summed E-state index contributed by atoms with van der Waals surface area (Å²) in [5.74, 6) is -0.522. The smallest absolute Gasteiger partial charge is 0.237 e. The molecule has 0 aromatic heterocycles. The molecule has 1 rings (SSSR count). The van der Waals surface area contributed by atoms with E-state index in [9.17, 15) is 4.39 Å². The first-order valence-electron chi connectivity index (χ1n) is 5.92. The standard InChI is InChI=1S/C14H15FN4O/c1-14(2,3)9-20-13-11(15)5-4-6-12(13)19-18-10(7-16)8-17/h4-6,19H,9H2,1-3H3. The van der Waals surface area contributed by atoms with Crippen LogP contribution in [0.3, 0.4) is 0 Å². The number of hydrazone groups is 1. The molecule has 0 saturated carbocycles. The highest BCUT2D eigenvalue weighted by molar-refractivity contribution is 6.10. The van der Waals surface area contributed by atoms with Crippen molar-refractivity contribution in [1.29, 1.82) is 10.5 Å². The summed E-state index contributed by atoms with van der Waals surface area (Å²) in [6.07, 6.45) is 0. The summed E-state index contributed by atoms with van der Waals surface area (Å²) in [5, 5.41) is 20.8. The van der Waals surface area contributed by atoms with Gasteiger partial charge in [0.2, 0.25) is 5.71 Å². The van der Waals surface area contributed by atoms with E-state index < -0.39 is 5.82 Å². The van der Waals surface area contributed by atoms with Gasteiger partial charge in [-0.1, -0.05) is 26.8 Å². The van der Waals surface area contributed by atoms with Crippen molar-refractivity contribution in [1.82, 2.24) is 0 Å². The first-order valence-corrected chi connectivity index (χ1v) is 5.92. The molecule has 20 heavy (non-hydrogen) atoms. The van der Waals surface area contributed by atoms with Crippen molar-refractivity contribution in [3.05, 3.63) is 24.0 Å². The van der Waals surface area contributed by atoms with Gasteiger partial charge in [-0.25, -0.2) is 4.39 Å². The van der Waals surface area contributed by atoms with Crippen LogP contribution in [0, 0.1) is 33.9 Å². The second-order valence-electron chi connectivity index (χ2n) is 5.26. The summed E-state index contributed by atoms with van der Waals surface area (Å²) in [6.45, 7) is 6.20. The van der Waals surface area contributed by atoms with Gasteiger partial charge in [0, 0.05) is 0 Å². The zero-order valence-electron chi connectivity index (χ0n) is 11.6. The van der Waals surface area contributed by atoms with E-state index in [1.54, 1.807) is 18.2 Å². The van der Waals surface area contributed by atoms with Gasteiger partial charge in [0.1, 0.15) is 17.8 Å². The number of ether oxygens (including phenoxy) is 1. The molecule has 1 aromatic rings. The highest BCUT2D eigenvalue weighted by atomic mass is 19.1. The van der Waals surface area contributed by atoms with E-state index in [0.717, 1.165) is 0 Å². The van der Waals surface area contributed by atoms with Gasteiger partial charge >= 0.3 is 0 Å². The van der Waals surface area contributed by atoms with Crippen LogP contribution in [0.2, 0.25) is 0 Å². The third-order valence-corrected chi connectivity index (χ3v) is 2.12. The van der Waals surface area contributed by atoms with Gasteiger partial charge in [-0.2, -0.15) is 15.6 Å². The van der Waals surface area contributed by atoms with E-state index >= 15 is 0 Å². The number of halogens is 1. The Balaban J connectivity index is 2.98. The van der Waals surface area contributed by atoms with Crippen LogP contribution in [-0.4, -0.2) is 12.3 Å². The monoisotopic (exact) mass is 274 g/mol. The number of para-hydroxylation sites is 1. The Kier molecular flexibility index (Phi) is 5.05. The zero-order valence-corrected chi connectivity index (χ0v) is 11.6. The van der Waals surface area contributed by atoms with Crippen molar-refractivity contribution < 1.29 is 9.13 Å². The van der Waals surface area contributed by atoms with Crippen LogP contribution in [0.4, 0.5) is 10.1 Å². The highest BCUT2D eigenvalue weighted by Gasteiger charge is 2.15. The van der Waals surface area contributed by atoms with Crippen molar-refractivity contribution in [3.63, 3.8) is 0 Å². The molecule has 0 aliphatic heterocycles. The third-order valence-electron chi connectivity index (χ3n) is 2.12. The van der Waals surface area contributed by atoms with Gasteiger partial charge in [0.05, 0.1) is 6.61 Å². The average molecular weight is 274 g/mol. The molecule has 0 radical (unpaired) electrons. The first kappa shape index (κ1) is 15.5. The lowest BCUT2D eigenvalue weighted by Crippen LogP contribution is -2.18. The minimum Gasteiger partial charge on any atom is -0.488 e. The molecular formula is C14H15FN4O. The molecule has 0 fully saturated rings. The summed E-state index contributed by atoms with van der Waals surface area (Å²) in [5.41, 5.74) is 2.25. The maximum atomic E-state index is 13.8. The van der Waals surface area contributed by atoms with Crippen molar-refractivity contribution >= 4 is 11.4 Å². The number of nitrogens with zero attached hydrogens (tertiary/aromatic N) is 3. The number of hydrogen-bond donors (Lipinski definition) is 1. The van der Waals surface area contributed by atoms with Gasteiger partial charge in [0.15, 0.2) is 11.6 Å². The van der Waals surface area contributed by atoms with Crippen molar-refractivity contribution in [2.75, 3.05) is 12.0 Å². The predicted octanol–water partition coefficient (Wildman–Crippen LogP) is 3.07. The van der Waals surface area contributed by atoms with Gasteiger partial charge < -0.3 is 4.74 Å². The van der Waals surface area contributed by atoms with Crippen molar-refractivity contribution in [2.24, 2.45) is 10.5 Å². The fraction of sp³-hybridized carbons (Fsp3) is 0.357. The summed E-state index contributed by atoms with van der Waals surface area (Å²) in [4.78, 5) is 0. The number of benzene rings is 1. The molecule has 0 unspecified atom stereocenters. The molecule has 5 nitrogen and oxygen atoms in total. The molecule has 1 N–H and O–H groups in total. The van der Waals surface area contributed by atoms with Crippen LogP contribution < -0.4 is 10.2 Å². The Morgan fingerprint density at radius 3 is 2.55 bits per heavy atom. The molecular weight excluding hydrogens is 259 g/mol. The van der Waals surface area contributed by atoms with Crippen molar-refractivity contribution in [3.8, 4) is 17.9 Å². The zero-order chi connectivity index (χ0) is 15.2. The van der Waals surface area contributed by atoms with E-state index in [4.69, 9.17) is 15.3 Å². The number of nitrogens with one attached hydrogen (secondary N) is 1. The number of anilines is 1. The Morgan fingerprint density at radius 1 is 1.35 bits per heavy atom. The summed E-state index contributed by atoms with van der Waals surface area (Å²) >= 11 is 0. The lowest BCUT2D eigenvalue weighted by molar-refractivity contribution is 0.192. The minimum absolute atomic E-state index is 0.0152. The van der Waals surface area contributed by atoms with Crippen LogP contribution in [0.25, 0.3) is 0 Å². The van der Waals surface area contributed by atoms with Crippen molar-refractivity contribution in [2.45, 2.75) is 20.8 Å². The van der Waals surface area contributed by atoms with Crippen LogP contribution in [0.15, 0.2) is 23.3 Å². The molecule has 6 heteroatoms. The van der Waals surface area contributed by atoms with E-state index in [2.05, 4.69) is 10.5 Å². The lowest BCUT2D eigenvalue weighted by Gasteiger charge is -2.20. The Hall–Kier alpha value is -2.60.